The van der Waals surface area contributed by atoms with Gasteiger partial charge in [-0.2, -0.15) is 0 Å². The van der Waals surface area contributed by atoms with Gasteiger partial charge in [0.25, 0.3) is 5.91 Å². The lowest BCUT2D eigenvalue weighted by atomic mass is 9.92. The Labute approximate surface area is 139 Å². The van der Waals surface area contributed by atoms with Crippen LogP contribution in [-0.4, -0.2) is 45.5 Å². The number of ether oxygens (including phenoxy) is 1. The van der Waals surface area contributed by atoms with Gasteiger partial charge in [-0.3, -0.25) is 4.79 Å². The first-order valence-corrected chi connectivity index (χ1v) is 8.69. The number of furan rings is 1. The average Bonchev–Trinajstić information content (AvgIpc) is 3.13. The van der Waals surface area contributed by atoms with Crippen molar-refractivity contribution in [1.29, 1.82) is 0 Å². The summed E-state index contributed by atoms with van der Waals surface area (Å²) < 4.78 is 11.3. The van der Waals surface area contributed by atoms with Gasteiger partial charge in [0, 0.05) is 37.5 Å². The molecule has 2 aromatic heterocycles. The van der Waals surface area contributed by atoms with E-state index in [1.54, 1.807) is 18.5 Å². The Hall–Kier alpha value is -1.95. The lowest BCUT2D eigenvalue weighted by Gasteiger charge is -2.47. The summed E-state index contributed by atoms with van der Waals surface area (Å²) in [6.07, 6.45) is 4.44. The standard InChI is InChI=1S/C17H18N2O3S/c1-12-14(5-7-21-12)16(20)19-10-17(11-19)8-13(9-23-17)22-15-4-2-3-6-18-15/h2-7,13H,8-11H2,1H3/t13-/m0/s1. The molecule has 0 aromatic carbocycles. The van der Waals surface area contributed by atoms with Crippen molar-refractivity contribution in [2.45, 2.75) is 24.2 Å². The Balaban J connectivity index is 1.35. The largest absolute Gasteiger partial charge is 0.473 e. The lowest BCUT2D eigenvalue weighted by molar-refractivity contribution is 0.0514. The van der Waals surface area contributed by atoms with Crippen LogP contribution in [0.25, 0.3) is 0 Å². The molecule has 0 aliphatic carbocycles. The highest BCUT2D eigenvalue weighted by atomic mass is 32.2. The molecule has 2 aliphatic heterocycles. The van der Waals surface area contributed by atoms with Crippen LogP contribution >= 0.6 is 11.8 Å². The first-order chi connectivity index (χ1) is 11.2. The Kier molecular flexibility index (Phi) is 3.56. The molecule has 1 atom stereocenters. The summed E-state index contributed by atoms with van der Waals surface area (Å²) in [6.45, 7) is 3.39. The summed E-state index contributed by atoms with van der Waals surface area (Å²) in [4.78, 5) is 18.5. The summed E-state index contributed by atoms with van der Waals surface area (Å²) in [5, 5.41) is 0. The van der Waals surface area contributed by atoms with Gasteiger partial charge in [-0.15, -0.1) is 11.8 Å². The molecule has 0 bridgehead atoms. The van der Waals surface area contributed by atoms with Crippen molar-refractivity contribution >= 4 is 17.7 Å². The van der Waals surface area contributed by atoms with Gasteiger partial charge in [-0.25, -0.2) is 4.98 Å². The average molecular weight is 330 g/mol. The Morgan fingerprint density at radius 2 is 2.30 bits per heavy atom. The number of aromatic nitrogens is 1. The maximum atomic E-state index is 12.4. The number of hydrogen-bond donors (Lipinski definition) is 0. The quantitative estimate of drug-likeness (QED) is 0.866. The number of pyridine rings is 1. The molecule has 6 heteroatoms. The SMILES string of the molecule is Cc1occc1C(=O)N1CC2(C[C@H](Oc3ccccn3)CS2)C1. The van der Waals surface area contributed by atoms with Crippen LogP contribution in [0.15, 0.2) is 41.1 Å². The molecule has 4 rings (SSSR count). The minimum Gasteiger partial charge on any atom is -0.473 e. The number of carbonyl (C=O) groups is 1. The third-order valence-corrected chi connectivity index (χ3v) is 6.01. The number of amides is 1. The number of thioether (sulfide) groups is 1. The molecular weight excluding hydrogens is 312 g/mol. The van der Waals surface area contributed by atoms with Crippen molar-refractivity contribution in [3.8, 4) is 5.88 Å². The molecular formula is C17H18N2O3S. The molecule has 1 spiro atoms. The molecule has 120 valence electrons. The van der Waals surface area contributed by atoms with Gasteiger partial charge >= 0.3 is 0 Å². The molecule has 23 heavy (non-hydrogen) atoms. The van der Waals surface area contributed by atoms with E-state index in [-0.39, 0.29) is 16.8 Å². The monoisotopic (exact) mass is 330 g/mol. The van der Waals surface area contributed by atoms with Gasteiger partial charge < -0.3 is 14.1 Å². The van der Waals surface area contributed by atoms with Gasteiger partial charge in [0.1, 0.15) is 11.9 Å². The number of aryl methyl sites for hydroxylation is 1. The summed E-state index contributed by atoms with van der Waals surface area (Å²) in [5.74, 6) is 2.38. The molecule has 5 nitrogen and oxygen atoms in total. The van der Waals surface area contributed by atoms with Gasteiger partial charge in [-0.1, -0.05) is 6.07 Å². The van der Waals surface area contributed by atoms with Crippen molar-refractivity contribution in [2.75, 3.05) is 18.8 Å². The van der Waals surface area contributed by atoms with E-state index in [4.69, 9.17) is 9.15 Å². The van der Waals surface area contributed by atoms with Gasteiger partial charge in [0.05, 0.1) is 16.6 Å². The predicted molar refractivity (Wildman–Crippen MR) is 87.8 cm³/mol. The molecule has 2 fully saturated rings. The fourth-order valence-electron chi connectivity index (χ4n) is 3.26. The van der Waals surface area contributed by atoms with Crippen LogP contribution in [0.2, 0.25) is 0 Å². The highest BCUT2D eigenvalue weighted by molar-refractivity contribution is 8.01. The zero-order valence-corrected chi connectivity index (χ0v) is 13.7. The highest BCUT2D eigenvalue weighted by Crippen LogP contribution is 2.46. The normalized spacial score (nSPS) is 22.1. The minimum absolute atomic E-state index is 0.0663. The van der Waals surface area contributed by atoms with Crippen LogP contribution < -0.4 is 4.74 Å². The van der Waals surface area contributed by atoms with E-state index in [9.17, 15) is 4.79 Å². The maximum absolute atomic E-state index is 12.4. The molecule has 0 radical (unpaired) electrons. The van der Waals surface area contributed by atoms with E-state index < -0.39 is 0 Å². The topological polar surface area (TPSA) is 55.6 Å². The third kappa shape index (κ3) is 2.72. The summed E-state index contributed by atoms with van der Waals surface area (Å²) in [5.41, 5.74) is 0.670. The van der Waals surface area contributed by atoms with Crippen LogP contribution in [0.4, 0.5) is 0 Å². The Morgan fingerprint density at radius 3 is 3.00 bits per heavy atom. The van der Waals surface area contributed by atoms with Crippen LogP contribution in [0, 0.1) is 6.92 Å². The molecule has 0 unspecified atom stereocenters. The van der Waals surface area contributed by atoms with E-state index in [1.165, 1.54) is 0 Å². The van der Waals surface area contributed by atoms with Crippen LogP contribution in [0.1, 0.15) is 22.5 Å². The molecule has 0 saturated carbocycles. The van der Waals surface area contributed by atoms with Crippen LogP contribution in [0.5, 0.6) is 5.88 Å². The Morgan fingerprint density at radius 1 is 1.43 bits per heavy atom. The van der Waals surface area contributed by atoms with Crippen molar-refractivity contribution < 1.29 is 13.9 Å². The number of nitrogens with zero attached hydrogens (tertiary/aromatic N) is 2. The number of rotatable bonds is 3. The van der Waals surface area contributed by atoms with Crippen LogP contribution in [0.3, 0.4) is 0 Å². The van der Waals surface area contributed by atoms with E-state index in [0.717, 1.165) is 25.3 Å². The van der Waals surface area contributed by atoms with Crippen molar-refractivity contribution in [2.24, 2.45) is 0 Å². The zero-order valence-electron chi connectivity index (χ0n) is 12.9. The fourth-order valence-corrected chi connectivity index (χ4v) is 4.78. The maximum Gasteiger partial charge on any atom is 0.257 e. The second-order valence-corrected chi connectivity index (χ2v) is 7.65. The molecule has 0 N–H and O–H groups in total. The zero-order chi connectivity index (χ0) is 15.9. The van der Waals surface area contributed by atoms with Gasteiger partial charge in [0.2, 0.25) is 5.88 Å². The number of carbonyl (C=O) groups excluding carboxylic acids is 1. The van der Waals surface area contributed by atoms with Gasteiger partial charge in [0.15, 0.2) is 0 Å². The van der Waals surface area contributed by atoms with Crippen LogP contribution in [-0.2, 0) is 0 Å². The second-order valence-electron chi connectivity index (χ2n) is 6.16. The van der Waals surface area contributed by atoms with Crippen molar-refractivity contribution in [1.82, 2.24) is 9.88 Å². The predicted octanol–water partition coefficient (Wildman–Crippen LogP) is 2.76. The van der Waals surface area contributed by atoms with E-state index >= 15 is 0 Å². The van der Waals surface area contributed by atoms with E-state index in [2.05, 4.69) is 4.98 Å². The summed E-state index contributed by atoms with van der Waals surface area (Å²) in [7, 11) is 0. The molecule has 4 heterocycles. The molecule has 2 aliphatic rings. The summed E-state index contributed by atoms with van der Waals surface area (Å²) >= 11 is 1.91. The third-order valence-electron chi connectivity index (χ3n) is 4.43. The van der Waals surface area contributed by atoms with Gasteiger partial charge in [-0.05, 0) is 19.1 Å². The van der Waals surface area contributed by atoms with E-state index in [0.29, 0.717) is 17.2 Å². The first-order valence-electron chi connectivity index (χ1n) is 7.70. The number of hydrogen-bond acceptors (Lipinski definition) is 5. The molecule has 2 saturated heterocycles. The first kappa shape index (κ1) is 14.6. The van der Waals surface area contributed by atoms with E-state index in [1.807, 2.05) is 41.8 Å². The van der Waals surface area contributed by atoms with Crippen molar-refractivity contribution in [3.63, 3.8) is 0 Å². The molecule has 1 amide bonds. The smallest absolute Gasteiger partial charge is 0.257 e. The lowest BCUT2D eigenvalue weighted by Crippen LogP contribution is -2.60. The number of likely N-dealkylation sites (tertiary alicyclic amines) is 1. The minimum atomic E-state index is 0.0663. The van der Waals surface area contributed by atoms with Crippen molar-refractivity contribution in [3.05, 3.63) is 48.0 Å². The molecule has 2 aromatic rings. The fraction of sp³-hybridized carbons (Fsp3) is 0.412. The summed E-state index contributed by atoms with van der Waals surface area (Å²) in [6, 6.07) is 7.44. The second kappa shape index (κ2) is 5.60. The highest BCUT2D eigenvalue weighted by Gasteiger charge is 2.51. The Bertz CT molecular complexity index is 710.